The summed E-state index contributed by atoms with van der Waals surface area (Å²) < 4.78 is 0. The van der Waals surface area contributed by atoms with E-state index in [1.165, 1.54) is 5.57 Å². The minimum absolute atomic E-state index is 0.0522. The molecule has 0 spiro atoms. The van der Waals surface area contributed by atoms with E-state index < -0.39 is 23.4 Å². The highest BCUT2D eigenvalue weighted by molar-refractivity contribution is 5.89. The van der Waals surface area contributed by atoms with Crippen LogP contribution in [0.5, 0.6) is 0 Å². The Morgan fingerprint density at radius 2 is 1.57 bits per heavy atom. The number of rotatable bonds is 8. The summed E-state index contributed by atoms with van der Waals surface area (Å²) in [6, 6.07) is 6.51. The molecule has 3 N–H and O–H groups in total. The van der Waals surface area contributed by atoms with Crippen molar-refractivity contribution in [1.29, 1.82) is 0 Å². The number of carboxylic acid groups (broad SMARTS) is 2. The second-order valence-corrected chi connectivity index (χ2v) is 18.4. The predicted octanol–water partition coefficient (Wildman–Crippen LogP) is 8.17. The van der Waals surface area contributed by atoms with Gasteiger partial charge in [0.25, 0.3) is 0 Å². The standard InChI is InChI=1S/C42H60N2O5/c1-25(2)28-16-21-42(37(49)43-31(36(47)48)24-44(8)9)23-22-40(6)30(34(28)42)14-15-33-39(5)19-17-29(26-10-12-27(13-11-26)35(45)46)38(3,4)32(39)18-20-41(33,40)7/h10-13,17,28,30-34H,1,14-16,18-24H2,2-9H3,(H,43,49)(H,45,46)(H,47,48)/t28-,30+,31-,32-,33+,34+,39-,40+,41+,42-/m0/s1. The lowest BCUT2D eigenvalue weighted by Crippen LogP contribution is -2.66. The molecular formula is C42H60N2O5. The summed E-state index contributed by atoms with van der Waals surface area (Å²) in [5, 5.41) is 22.5. The number of likely N-dealkylation sites (N-methyl/N-ethyl adjacent to an activating group) is 1. The van der Waals surface area contributed by atoms with E-state index in [2.05, 4.69) is 59.5 Å². The van der Waals surface area contributed by atoms with Gasteiger partial charge in [0.05, 0.1) is 11.0 Å². The first-order valence-corrected chi connectivity index (χ1v) is 18.7. The number of benzene rings is 1. The average molecular weight is 673 g/mol. The first kappa shape index (κ1) is 35.9. The lowest BCUT2D eigenvalue weighted by atomic mass is 9.32. The molecule has 6 rings (SSSR count). The van der Waals surface area contributed by atoms with Gasteiger partial charge in [0.1, 0.15) is 6.04 Å². The third-order valence-corrected chi connectivity index (χ3v) is 15.7. The van der Waals surface area contributed by atoms with Crippen LogP contribution in [0.3, 0.4) is 0 Å². The van der Waals surface area contributed by atoms with Crippen molar-refractivity contribution in [2.24, 2.45) is 56.7 Å². The van der Waals surface area contributed by atoms with E-state index in [9.17, 15) is 24.6 Å². The molecule has 0 bridgehead atoms. The maximum Gasteiger partial charge on any atom is 0.335 e. The molecule has 0 heterocycles. The molecule has 0 aliphatic heterocycles. The van der Waals surface area contributed by atoms with E-state index in [4.69, 9.17) is 0 Å². The maximum atomic E-state index is 14.5. The molecule has 268 valence electrons. The minimum Gasteiger partial charge on any atom is -0.480 e. The van der Waals surface area contributed by atoms with Crippen LogP contribution >= 0.6 is 0 Å². The van der Waals surface area contributed by atoms with Crippen LogP contribution in [0.15, 0.2) is 42.5 Å². The number of carbonyl (C=O) groups is 3. The fraction of sp³-hybridized carbons (Fsp3) is 0.690. The van der Waals surface area contributed by atoms with E-state index >= 15 is 0 Å². The van der Waals surface area contributed by atoms with Crippen molar-refractivity contribution in [2.75, 3.05) is 20.6 Å². The summed E-state index contributed by atoms with van der Waals surface area (Å²) >= 11 is 0. The van der Waals surface area contributed by atoms with Crippen molar-refractivity contribution in [3.8, 4) is 0 Å². The smallest absolute Gasteiger partial charge is 0.335 e. The van der Waals surface area contributed by atoms with Crippen molar-refractivity contribution in [3.63, 3.8) is 0 Å². The van der Waals surface area contributed by atoms with Gasteiger partial charge in [-0.05, 0) is 153 Å². The first-order valence-electron chi connectivity index (χ1n) is 18.7. The summed E-state index contributed by atoms with van der Waals surface area (Å²) in [5.41, 5.74) is 3.65. The molecule has 10 atom stereocenters. The zero-order valence-electron chi connectivity index (χ0n) is 31.2. The zero-order chi connectivity index (χ0) is 35.9. The molecule has 5 aliphatic rings. The number of hydrogen-bond donors (Lipinski definition) is 3. The molecule has 1 aromatic carbocycles. The van der Waals surface area contributed by atoms with Gasteiger partial charge in [-0.2, -0.15) is 0 Å². The van der Waals surface area contributed by atoms with E-state index in [0.717, 1.165) is 68.9 Å². The number of amides is 1. The summed E-state index contributed by atoms with van der Waals surface area (Å²) in [6.45, 7) is 19.4. The van der Waals surface area contributed by atoms with Crippen LogP contribution < -0.4 is 5.32 Å². The fourth-order valence-corrected chi connectivity index (χ4v) is 13.3. The van der Waals surface area contributed by atoms with Gasteiger partial charge in [-0.15, -0.1) is 0 Å². The highest BCUT2D eigenvalue weighted by Crippen LogP contribution is 2.77. The van der Waals surface area contributed by atoms with Crippen molar-refractivity contribution in [3.05, 3.63) is 53.6 Å². The number of carboxylic acids is 2. The Kier molecular flexibility index (Phi) is 8.86. The van der Waals surface area contributed by atoms with Gasteiger partial charge in [0, 0.05) is 6.54 Å². The molecule has 7 nitrogen and oxygen atoms in total. The van der Waals surface area contributed by atoms with Gasteiger partial charge in [-0.3, -0.25) is 4.79 Å². The number of hydrogen-bond acceptors (Lipinski definition) is 4. The molecule has 4 saturated carbocycles. The minimum atomic E-state index is -0.979. The van der Waals surface area contributed by atoms with Crippen molar-refractivity contribution in [2.45, 2.75) is 105 Å². The van der Waals surface area contributed by atoms with E-state index in [1.807, 2.05) is 31.1 Å². The number of fused-ring (bicyclic) bond motifs is 7. The molecule has 0 saturated heterocycles. The molecule has 49 heavy (non-hydrogen) atoms. The Bertz CT molecular complexity index is 1560. The lowest BCUT2D eigenvalue weighted by Gasteiger charge is -2.72. The van der Waals surface area contributed by atoms with Crippen molar-refractivity contribution in [1.82, 2.24) is 10.2 Å². The highest BCUT2D eigenvalue weighted by Gasteiger charge is 2.71. The van der Waals surface area contributed by atoms with Crippen LogP contribution in [0.25, 0.3) is 5.57 Å². The van der Waals surface area contributed by atoms with Crippen LogP contribution in [-0.4, -0.2) is 59.6 Å². The molecule has 5 aliphatic carbocycles. The SMILES string of the molecule is C=C(C)[C@@H]1CC[C@]2(C(=O)N[C@@H](CN(C)C)C(=O)O)CC[C@]3(C)[C@H](CC[C@@H]4[C@@]5(C)CC=C(c6ccc(C(=O)O)cc6)C(C)(C)[C@@H]5CC[C@]43C)[C@@H]12. The largest absolute Gasteiger partial charge is 0.480 e. The van der Waals surface area contributed by atoms with E-state index in [0.29, 0.717) is 23.3 Å². The normalized spacial score (nSPS) is 39.8. The van der Waals surface area contributed by atoms with Crippen LogP contribution in [0, 0.1) is 56.7 Å². The Morgan fingerprint density at radius 1 is 0.898 bits per heavy atom. The van der Waals surface area contributed by atoms with E-state index in [-0.39, 0.29) is 45.9 Å². The zero-order valence-corrected chi connectivity index (χ0v) is 31.2. The third-order valence-electron chi connectivity index (χ3n) is 15.7. The molecule has 0 unspecified atom stereocenters. The Morgan fingerprint density at radius 3 is 2.16 bits per heavy atom. The summed E-state index contributed by atoms with van der Waals surface area (Å²) in [4.78, 5) is 40.1. The Balaban J connectivity index is 1.34. The lowest BCUT2D eigenvalue weighted by molar-refractivity contribution is -0.225. The van der Waals surface area contributed by atoms with Gasteiger partial charge in [0.15, 0.2) is 0 Å². The monoisotopic (exact) mass is 672 g/mol. The predicted molar refractivity (Wildman–Crippen MR) is 194 cm³/mol. The molecule has 0 aromatic heterocycles. The summed E-state index contributed by atoms with van der Waals surface area (Å²) in [6.07, 6.45) is 11.6. The molecular weight excluding hydrogens is 612 g/mol. The second kappa shape index (κ2) is 12.1. The molecule has 4 fully saturated rings. The van der Waals surface area contributed by atoms with Gasteiger partial charge in [-0.25, -0.2) is 9.59 Å². The van der Waals surface area contributed by atoms with Crippen LogP contribution in [0.2, 0.25) is 0 Å². The number of allylic oxidation sites excluding steroid dienone is 3. The number of aliphatic carboxylic acids is 1. The number of nitrogens with one attached hydrogen (secondary N) is 1. The third kappa shape index (κ3) is 5.26. The quantitative estimate of drug-likeness (QED) is 0.241. The van der Waals surface area contributed by atoms with Crippen molar-refractivity contribution < 1.29 is 24.6 Å². The summed E-state index contributed by atoms with van der Waals surface area (Å²) in [5.74, 6) is -0.0517. The number of carbonyl (C=O) groups excluding carboxylic acids is 1. The van der Waals surface area contributed by atoms with Crippen LogP contribution in [0.4, 0.5) is 0 Å². The Labute approximate surface area is 294 Å². The van der Waals surface area contributed by atoms with Crippen molar-refractivity contribution >= 4 is 23.4 Å². The summed E-state index contributed by atoms with van der Waals surface area (Å²) in [7, 11) is 3.69. The van der Waals surface area contributed by atoms with Crippen LogP contribution in [-0.2, 0) is 9.59 Å². The van der Waals surface area contributed by atoms with Gasteiger partial charge in [-0.1, -0.05) is 65.0 Å². The first-order chi connectivity index (χ1) is 22.8. The number of aromatic carboxylic acids is 1. The maximum absolute atomic E-state index is 14.5. The number of nitrogens with zero attached hydrogens (tertiary/aromatic N) is 1. The van der Waals surface area contributed by atoms with Gasteiger partial charge >= 0.3 is 11.9 Å². The van der Waals surface area contributed by atoms with Gasteiger partial charge < -0.3 is 20.4 Å². The van der Waals surface area contributed by atoms with E-state index in [1.54, 1.807) is 12.1 Å². The molecule has 1 aromatic rings. The molecule has 1 amide bonds. The second-order valence-electron chi connectivity index (χ2n) is 18.4. The Hall–Kier alpha value is -2.93. The molecule has 0 radical (unpaired) electrons. The average Bonchev–Trinajstić information content (AvgIpc) is 3.42. The fourth-order valence-electron chi connectivity index (χ4n) is 13.3. The topological polar surface area (TPSA) is 107 Å². The van der Waals surface area contributed by atoms with Gasteiger partial charge in [0.2, 0.25) is 5.91 Å². The molecule has 7 heteroatoms. The van der Waals surface area contributed by atoms with Crippen LogP contribution in [0.1, 0.15) is 115 Å². The highest BCUT2D eigenvalue weighted by atomic mass is 16.4.